The fourth-order valence-corrected chi connectivity index (χ4v) is 1.36. The van der Waals surface area contributed by atoms with E-state index in [0.29, 0.717) is 17.6 Å². The Bertz CT molecular complexity index is 560. The van der Waals surface area contributed by atoms with E-state index < -0.39 is 23.0 Å². The maximum absolute atomic E-state index is 10.6. The Kier molecular flexibility index (Phi) is 7.44. The summed E-state index contributed by atoms with van der Waals surface area (Å²) in [7, 11) is -3.09. The van der Waals surface area contributed by atoms with Gasteiger partial charge in [-0.25, -0.2) is 4.18 Å². The SMILES string of the molecule is CC(=O)O.COc1ccc(C=O)c(COS(=O)(=O)O)c1. The topological polar surface area (TPSA) is 127 Å². The first-order valence-electron chi connectivity index (χ1n) is 5.13. The number of methoxy groups -OCH3 is 1. The fourth-order valence-electron chi connectivity index (χ4n) is 1.09. The van der Waals surface area contributed by atoms with Crippen molar-refractivity contribution in [3.63, 3.8) is 0 Å². The predicted molar refractivity (Wildman–Crippen MR) is 68.0 cm³/mol. The Balaban J connectivity index is 0.000000796. The number of carboxylic acid groups (broad SMARTS) is 1. The molecule has 0 atom stereocenters. The van der Waals surface area contributed by atoms with Crippen molar-refractivity contribution in [1.29, 1.82) is 0 Å². The number of aldehydes is 1. The number of rotatable bonds is 5. The lowest BCUT2D eigenvalue weighted by atomic mass is 10.1. The Hall–Kier alpha value is -1.97. The van der Waals surface area contributed by atoms with Crippen LogP contribution in [0.4, 0.5) is 0 Å². The van der Waals surface area contributed by atoms with Gasteiger partial charge in [-0.3, -0.25) is 14.1 Å². The summed E-state index contributed by atoms with van der Waals surface area (Å²) < 4.78 is 38.2. The molecule has 0 fully saturated rings. The second kappa shape index (κ2) is 8.25. The molecule has 0 saturated heterocycles. The van der Waals surface area contributed by atoms with Gasteiger partial charge in [-0.15, -0.1) is 0 Å². The lowest BCUT2D eigenvalue weighted by Gasteiger charge is -2.06. The van der Waals surface area contributed by atoms with Gasteiger partial charge in [0.05, 0.1) is 13.7 Å². The molecule has 0 aromatic heterocycles. The summed E-state index contributed by atoms with van der Waals surface area (Å²) in [4.78, 5) is 19.6. The summed E-state index contributed by atoms with van der Waals surface area (Å²) in [5.41, 5.74) is 0.580. The normalized spacial score (nSPS) is 10.2. The van der Waals surface area contributed by atoms with Crippen molar-refractivity contribution in [2.75, 3.05) is 7.11 Å². The second-order valence-electron chi connectivity index (χ2n) is 3.39. The average Bonchev–Trinajstić information content (AvgIpc) is 2.34. The van der Waals surface area contributed by atoms with Gasteiger partial charge in [0.2, 0.25) is 0 Å². The maximum atomic E-state index is 10.6. The van der Waals surface area contributed by atoms with Gasteiger partial charge in [0.25, 0.3) is 5.97 Å². The predicted octanol–water partition coefficient (Wildman–Crippen LogP) is 0.918. The van der Waals surface area contributed by atoms with Crippen molar-refractivity contribution in [2.24, 2.45) is 0 Å². The number of hydrogen-bond acceptors (Lipinski definition) is 6. The molecule has 1 aromatic carbocycles. The number of carbonyl (C=O) groups excluding carboxylic acids is 1. The third-order valence-corrected chi connectivity index (χ3v) is 2.26. The van der Waals surface area contributed by atoms with Crippen LogP contribution in [0, 0.1) is 0 Å². The first-order chi connectivity index (χ1) is 9.19. The summed E-state index contributed by atoms with van der Waals surface area (Å²) in [6.45, 7) is 0.657. The van der Waals surface area contributed by atoms with Gasteiger partial charge in [0, 0.05) is 12.5 Å². The average molecular weight is 306 g/mol. The second-order valence-corrected chi connectivity index (χ2v) is 4.48. The van der Waals surface area contributed by atoms with Gasteiger partial charge in [-0.1, -0.05) is 0 Å². The summed E-state index contributed by atoms with van der Waals surface area (Å²) in [6, 6.07) is 4.48. The van der Waals surface area contributed by atoms with Crippen LogP contribution in [0.2, 0.25) is 0 Å². The van der Waals surface area contributed by atoms with Gasteiger partial charge in [0.15, 0.2) is 0 Å². The van der Waals surface area contributed by atoms with Crippen molar-refractivity contribution in [3.8, 4) is 5.75 Å². The van der Waals surface area contributed by atoms with Crippen LogP contribution in [0.5, 0.6) is 5.75 Å². The van der Waals surface area contributed by atoms with Crippen molar-refractivity contribution in [1.82, 2.24) is 0 Å². The van der Waals surface area contributed by atoms with Crippen molar-refractivity contribution < 1.29 is 36.6 Å². The number of carboxylic acids is 1. The van der Waals surface area contributed by atoms with Gasteiger partial charge in [0.1, 0.15) is 12.0 Å². The van der Waals surface area contributed by atoms with E-state index in [0.717, 1.165) is 6.92 Å². The molecular formula is C11H14O8S. The summed E-state index contributed by atoms with van der Waals surface area (Å²) in [6.07, 6.45) is 0.558. The van der Waals surface area contributed by atoms with E-state index >= 15 is 0 Å². The van der Waals surface area contributed by atoms with E-state index in [1.807, 2.05) is 0 Å². The third kappa shape index (κ3) is 8.19. The molecule has 1 aromatic rings. The molecular weight excluding hydrogens is 292 g/mol. The first-order valence-corrected chi connectivity index (χ1v) is 6.49. The van der Waals surface area contributed by atoms with Crippen molar-refractivity contribution >= 4 is 22.7 Å². The van der Waals surface area contributed by atoms with E-state index in [-0.39, 0.29) is 5.56 Å². The molecule has 1 rings (SSSR count). The summed E-state index contributed by atoms with van der Waals surface area (Å²) >= 11 is 0. The number of ether oxygens (including phenoxy) is 1. The first kappa shape index (κ1) is 18.0. The molecule has 0 aliphatic rings. The Morgan fingerprint density at radius 2 is 1.95 bits per heavy atom. The lowest BCUT2D eigenvalue weighted by Crippen LogP contribution is -2.05. The quantitative estimate of drug-likeness (QED) is 0.607. The molecule has 0 bridgehead atoms. The molecule has 20 heavy (non-hydrogen) atoms. The zero-order valence-electron chi connectivity index (χ0n) is 10.8. The van der Waals surface area contributed by atoms with E-state index in [9.17, 15) is 13.2 Å². The molecule has 0 heterocycles. The smallest absolute Gasteiger partial charge is 0.397 e. The molecule has 0 unspecified atom stereocenters. The minimum absolute atomic E-state index is 0.268. The van der Waals surface area contributed by atoms with Crippen LogP contribution in [-0.2, 0) is 26.0 Å². The minimum Gasteiger partial charge on any atom is -0.497 e. The van der Waals surface area contributed by atoms with Crippen molar-refractivity contribution in [2.45, 2.75) is 13.5 Å². The lowest BCUT2D eigenvalue weighted by molar-refractivity contribution is -0.134. The molecule has 0 radical (unpaired) electrons. The summed E-state index contributed by atoms with van der Waals surface area (Å²) in [5, 5.41) is 7.42. The monoisotopic (exact) mass is 306 g/mol. The van der Waals surface area contributed by atoms with E-state index in [2.05, 4.69) is 4.18 Å². The summed E-state index contributed by atoms with van der Waals surface area (Å²) in [5.74, 6) is -0.375. The highest BCUT2D eigenvalue weighted by atomic mass is 32.3. The molecule has 0 spiro atoms. The van der Waals surface area contributed by atoms with Gasteiger partial charge >= 0.3 is 10.4 Å². The third-order valence-electron chi connectivity index (χ3n) is 1.84. The molecule has 112 valence electrons. The number of aliphatic carboxylic acids is 1. The highest BCUT2D eigenvalue weighted by molar-refractivity contribution is 7.80. The van der Waals surface area contributed by atoms with Crippen LogP contribution < -0.4 is 4.74 Å². The number of benzene rings is 1. The highest BCUT2D eigenvalue weighted by Gasteiger charge is 2.09. The van der Waals surface area contributed by atoms with Crippen molar-refractivity contribution in [3.05, 3.63) is 29.3 Å². The molecule has 0 aliphatic heterocycles. The van der Waals surface area contributed by atoms with Crippen LogP contribution in [-0.4, -0.2) is 37.4 Å². The maximum Gasteiger partial charge on any atom is 0.397 e. The van der Waals surface area contributed by atoms with E-state index in [1.54, 1.807) is 6.07 Å². The standard InChI is InChI=1S/C9H10O6S.C2H4O2/c1-14-9-3-2-7(5-10)8(4-9)6-15-16(11,12)13;1-2(3)4/h2-5H,6H2,1H3,(H,11,12,13);1H3,(H,3,4). The zero-order valence-corrected chi connectivity index (χ0v) is 11.6. The molecule has 2 N–H and O–H groups in total. The van der Waals surface area contributed by atoms with E-state index in [1.165, 1.54) is 19.2 Å². The van der Waals surface area contributed by atoms with Gasteiger partial charge in [-0.2, -0.15) is 8.42 Å². The fraction of sp³-hybridized carbons (Fsp3) is 0.273. The number of carbonyl (C=O) groups is 2. The Morgan fingerprint density at radius 3 is 2.35 bits per heavy atom. The van der Waals surface area contributed by atoms with Crippen LogP contribution in [0.3, 0.4) is 0 Å². The molecule has 0 saturated carbocycles. The van der Waals surface area contributed by atoms with Crippen LogP contribution in [0.15, 0.2) is 18.2 Å². The molecule has 0 aliphatic carbocycles. The largest absolute Gasteiger partial charge is 0.497 e. The highest BCUT2D eigenvalue weighted by Crippen LogP contribution is 2.17. The van der Waals surface area contributed by atoms with E-state index in [4.69, 9.17) is 19.2 Å². The Labute approximate surface area is 115 Å². The zero-order chi connectivity index (χ0) is 15.8. The number of hydrogen-bond donors (Lipinski definition) is 2. The molecule has 8 nitrogen and oxygen atoms in total. The van der Waals surface area contributed by atoms with Gasteiger partial charge < -0.3 is 9.84 Å². The Morgan fingerprint density at radius 1 is 1.40 bits per heavy atom. The van der Waals surface area contributed by atoms with Crippen LogP contribution >= 0.6 is 0 Å². The molecule has 0 amide bonds. The van der Waals surface area contributed by atoms with Crippen LogP contribution in [0.25, 0.3) is 0 Å². The van der Waals surface area contributed by atoms with Crippen LogP contribution in [0.1, 0.15) is 22.8 Å². The van der Waals surface area contributed by atoms with Gasteiger partial charge in [-0.05, 0) is 23.8 Å². The molecule has 9 heteroatoms. The minimum atomic E-state index is -4.52.